The molecule has 118 valence electrons. The predicted molar refractivity (Wildman–Crippen MR) is 87.3 cm³/mol. The summed E-state index contributed by atoms with van der Waals surface area (Å²) in [5.41, 5.74) is 5.79. The molecule has 4 nitrogen and oxygen atoms in total. The lowest BCUT2D eigenvalue weighted by atomic mass is 10.0. The minimum atomic E-state index is -3.70. The molecule has 0 saturated heterocycles. The van der Waals surface area contributed by atoms with Crippen LogP contribution >= 0.6 is 23.2 Å². The molecule has 0 aliphatic heterocycles. The van der Waals surface area contributed by atoms with Crippen molar-refractivity contribution >= 4 is 38.9 Å². The van der Waals surface area contributed by atoms with Gasteiger partial charge < -0.3 is 5.73 Å². The van der Waals surface area contributed by atoms with E-state index in [2.05, 4.69) is 4.72 Å². The van der Waals surface area contributed by atoms with Crippen LogP contribution in [0.3, 0.4) is 0 Å². The maximum atomic E-state index is 12.3. The van der Waals surface area contributed by atoms with Gasteiger partial charge in [-0.25, -0.2) is 13.1 Å². The van der Waals surface area contributed by atoms with Crippen molar-refractivity contribution in [3.05, 3.63) is 22.2 Å². The van der Waals surface area contributed by atoms with Gasteiger partial charge in [-0.05, 0) is 30.9 Å². The molecule has 1 saturated carbocycles. The molecule has 1 aromatic carbocycles. The maximum absolute atomic E-state index is 12.3. The number of nitrogens with two attached hydrogens (primary N) is 1. The zero-order valence-electron chi connectivity index (χ0n) is 11.7. The van der Waals surface area contributed by atoms with Crippen molar-refractivity contribution in [3.8, 4) is 0 Å². The van der Waals surface area contributed by atoms with Gasteiger partial charge in [0.1, 0.15) is 4.90 Å². The lowest BCUT2D eigenvalue weighted by Crippen LogP contribution is -2.26. The van der Waals surface area contributed by atoms with Gasteiger partial charge in [0.05, 0.1) is 10.7 Å². The highest BCUT2D eigenvalue weighted by Crippen LogP contribution is 2.31. The highest BCUT2D eigenvalue weighted by Gasteiger charge is 2.22. The zero-order chi connectivity index (χ0) is 15.5. The van der Waals surface area contributed by atoms with Crippen molar-refractivity contribution in [1.82, 2.24) is 4.72 Å². The van der Waals surface area contributed by atoms with E-state index in [9.17, 15) is 8.42 Å². The average molecular weight is 351 g/mol. The Hall–Kier alpha value is -0.490. The van der Waals surface area contributed by atoms with E-state index in [1.807, 2.05) is 0 Å². The van der Waals surface area contributed by atoms with Crippen LogP contribution in [0.25, 0.3) is 0 Å². The minimum absolute atomic E-state index is 0.0447. The third-order valence-electron chi connectivity index (χ3n) is 3.86. The van der Waals surface area contributed by atoms with Gasteiger partial charge in [0, 0.05) is 11.6 Å². The van der Waals surface area contributed by atoms with Crippen molar-refractivity contribution in [3.63, 3.8) is 0 Å². The zero-order valence-corrected chi connectivity index (χ0v) is 14.1. The smallest absolute Gasteiger partial charge is 0.244 e. The van der Waals surface area contributed by atoms with Gasteiger partial charge in [0.2, 0.25) is 10.0 Å². The molecule has 0 spiro atoms. The standard InChI is InChI=1S/C14H20Cl2N2O2S/c15-11-8-12(16)14(13(17)9-11)21(19,20)18-7-3-6-10-4-1-2-5-10/h8-10,18H,1-7,17H2. The molecule has 7 heteroatoms. The Morgan fingerprint density at radius 3 is 2.52 bits per heavy atom. The van der Waals surface area contributed by atoms with Crippen LogP contribution in [0.1, 0.15) is 38.5 Å². The molecule has 0 aromatic heterocycles. The lowest BCUT2D eigenvalue weighted by Gasteiger charge is -2.12. The molecule has 3 N–H and O–H groups in total. The van der Waals surface area contributed by atoms with Gasteiger partial charge in [0.25, 0.3) is 0 Å². The second-order valence-electron chi connectivity index (χ2n) is 5.50. The van der Waals surface area contributed by atoms with Crippen molar-refractivity contribution < 1.29 is 8.42 Å². The van der Waals surface area contributed by atoms with Crippen LogP contribution in [-0.4, -0.2) is 15.0 Å². The Bertz CT molecular complexity index is 576. The number of rotatable bonds is 6. The van der Waals surface area contributed by atoms with E-state index >= 15 is 0 Å². The van der Waals surface area contributed by atoms with Crippen molar-refractivity contribution in [2.45, 2.75) is 43.4 Å². The normalized spacial score (nSPS) is 16.5. The third kappa shape index (κ3) is 4.49. The highest BCUT2D eigenvalue weighted by molar-refractivity contribution is 7.89. The van der Waals surface area contributed by atoms with Crippen molar-refractivity contribution in [1.29, 1.82) is 0 Å². The van der Waals surface area contributed by atoms with Crippen molar-refractivity contribution in [2.24, 2.45) is 5.92 Å². The number of hydrogen-bond donors (Lipinski definition) is 2. The first kappa shape index (κ1) is 16.9. The first-order valence-corrected chi connectivity index (χ1v) is 9.38. The number of hydrogen-bond acceptors (Lipinski definition) is 3. The van der Waals surface area contributed by atoms with Gasteiger partial charge in [-0.15, -0.1) is 0 Å². The van der Waals surface area contributed by atoms with E-state index in [-0.39, 0.29) is 15.6 Å². The van der Waals surface area contributed by atoms with Crippen LogP contribution < -0.4 is 10.5 Å². The Kier molecular flexibility index (Phi) is 5.77. The van der Waals surface area contributed by atoms with Crippen LogP contribution in [0.4, 0.5) is 5.69 Å². The molecule has 1 aliphatic rings. The topological polar surface area (TPSA) is 72.2 Å². The van der Waals surface area contributed by atoms with Gasteiger partial charge in [0.15, 0.2) is 0 Å². The van der Waals surface area contributed by atoms with Crippen LogP contribution in [0.5, 0.6) is 0 Å². The highest BCUT2D eigenvalue weighted by atomic mass is 35.5. The maximum Gasteiger partial charge on any atom is 0.244 e. The summed E-state index contributed by atoms with van der Waals surface area (Å²) in [6, 6.07) is 2.77. The molecule has 2 rings (SSSR count). The predicted octanol–water partition coefficient (Wildman–Crippen LogP) is 3.82. The average Bonchev–Trinajstić information content (AvgIpc) is 2.86. The van der Waals surface area contributed by atoms with Crippen LogP contribution in [-0.2, 0) is 10.0 Å². The first-order chi connectivity index (χ1) is 9.90. The second kappa shape index (κ2) is 7.18. The number of anilines is 1. The number of sulfonamides is 1. The molecule has 0 unspecified atom stereocenters. The summed E-state index contributed by atoms with van der Waals surface area (Å²) in [6.07, 6.45) is 7.02. The largest absolute Gasteiger partial charge is 0.398 e. The summed E-state index contributed by atoms with van der Waals surface area (Å²) < 4.78 is 27.1. The summed E-state index contributed by atoms with van der Waals surface area (Å²) in [6.45, 7) is 0.400. The van der Waals surface area contributed by atoms with Crippen molar-refractivity contribution in [2.75, 3.05) is 12.3 Å². The molecular formula is C14H20Cl2N2O2S. The molecule has 0 amide bonds. The van der Waals surface area contributed by atoms with E-state index in [0.29, 0.717) is 11.6 Å². The molecule has 0 radical (unpaired) electrons. The van der Waals surface area contributed by atoms with Crippen LogP contribution in [0.15, 0.2) is 17.0 Å². The Labute approximate surface area is 136 Å². The fraction of sp³-hybridized carbons (Fsp3) is 0.571. The molecule has 0 heterocycles. The molecule has 0 bridgehead atoms. The number of nitrogens with one attached hydrogen (secondary N) is 1. The Morgan fingerprint density at radius 1 is 1.24 bits per heavy atom. The van der Waals surface area contributed by atoms with Gasteiger partial charge in [-0.1, -0.05) is 48.9 Å². The molecule has 1 fully saturated rings. The second-order valence-corrected chi connectivity index (χ2v) is 8.04. The summed E-state index contributed by atoms with van der Waals surface area (Å²) >= 11 is 11.7. The van der Waals surface area contributed by atoms with Crippen LogP contribution in [0, 0.1) is 5.92 Å². The third-order valence-corrected chi connectivity index (χ3v) is 6.07. The van der Waals surface area contributed by atoms with E-state index < -0.39 is 10.0 Å². The fourth-order valence-corrected chi connectivity index (χ4v) is 4.89. The van der Waals surface area contributed by atoms with Gasteiger partial charge in [-0.3, -0.25) is 0 Å². The first-order valence-electron chi connectivity index (χ1n) is 7.14. The van der Waals surface area contributed by atoms with E-state index in [0.717, 1.165) is 18.8 Å². The van der Waals surface area contributed by atoms with Crippen LogP contribution in [0.2, 0.25) is 10.0 Å². The molecule has 21 heavy (non-hydrogen) atoms. The fourth-order valence-electron chi connectivity index (χ4n) is 2.83. The molecular weight excluding hydrogens is 331 g/mol. The monoisotopic (exact) mass is 350 g/mol. The number of benzene rings is 1. The number of halogens is 2. The van der Waals surface area contributed by atoms with E-state index in [4.69, 9.17) is 28.9 Å². The quantitative estimate of drug-likeness (QED) is 0.604. The molecule has 1 aliphatic carbocycles. The summed E-state index contributed by atoms with van der Waals surface area (Å²) in [4.78, 5) is -0.0885. The lowest BCUT2D eigenvalue weighted by molar-refractivity contribution is 0.480. The molecule has 1 aromatic rings. The Morgan fingerprint density at radius 2 is 1.90 bits per heavy atom. The summed E-state index contributed by atoms with van der Waals surface area (Å²) in [5, 5.41) is 0.362. The number of nitrogen functional groups attached to an aromatic ring is 1. The van der Waals surface area contributed by atoms with E-state index in [1.54, 1.807) is 0 Å². The molecule has 0 atom stereocenters. The van der Waals surface area contributed by atoms with Gasteiger partial charge >= 0.3 is 0 Å². The Balaban J connectivity index is 1.95. The van der Waals surface area contributed by atoms with E-state index in [1.165, 1.54) is 37.8 Å². The van der Waals surface area contributed by atoms with Gasteiger partial charge in [-0.2, -0.15) is 0 Å². The summed E-state index contributed by atoms with van der Waals surface area (Å²) in [5.74, 6) is 0.749. The SMILES string of the molecule is Nc1cc(Cl)cc(Cl)c1S(=O)(=O)NCCCC1CCCC1. The summed E-state index contributed by atoms with van der Waals surface area (Å²) in [7, 11) is -3.70. The minimum Gasteiger partial charge on any atom is -0.398 e.